The van der Waals surface area contributed by atoms with Crippen LogP contribution < -0.4 is 4.74 Å². The molecule has 0 amide bonds. The van der Waals surface area contributed by atoms with E-state index in [2.05, 4.69) is 170 Å². The van der Waals surface area contributed by atoms with Gasteiger partial charge >= 0.3 is 0 Å². The summed E-state index contributed by atoms with van der Waals surface area (Å²) in [6, 6.07) is 62.2. The molecule has 0 unspecified atom stereocenters. The van der Waals surface area contributed by atoms with Crippen molar-refractivity contribution >= 4 is 42.3 Å². The van der Waals surface area contributed by atoms with E-state index in [4.69, 9.17) is 4.74 Å². The highest BCUT2D eigenvalue weighted by molar-refractivity contribution is 7.25. The maximum atomic E-state index is 6.84. The van der Waals surface area contributed by atoms with E-state index in [0.29, 0.717) is 0 Å². The normalized spacial score (nSPS) is 13.6. The molecular weight excluding hydrogens is 613 g/mol. The molecule has 0 saturated heterocycles. The van der Waals surface area contributed by atoms with Crippen molar-refractivity contribution in [2.45, 2.75) is 5.41 Å². The number of ether oxygens (including phenoxy) is 1. The summed E-state index contributed by atoms with van der Waals surface area (Å²) in [6.07, 6.45) is 0. The average molecular weight is 641 g/mol. The number of hydrogen-bond donors (Lipinski definition) is 0. The zero-order valence-electron chi connectivity index (χ0n) is 26.5. The molecule has 0 atom stereocenters. The number of thiophene rings is 1. The molecule has 0 fully saturated rings. The largest absolute Gasteiger partial charge is 0.457 e. The number of benzene rings is 8. The van der Waals surface area contributed by atoms with Crippen LogP contribution in [0.2, 0.25) is 0 Å². The Morgan fingerprint density at radius 3 is 1.73 bits per heavy atom. The van der Waals surface area contributed by atoms with Crippen molar-refractivity contribution in [1.82, 2.24) is 0 Å². The Balaban J connectivity index is 1.14. The van der Waals surface area contributed by atoms with Gasteiger partial charge in [0.2, 0.25) is 0 Å². The predicted octanol–water partition coefficient (Wildman–Crippen LogP) is 13.0. The minimum atomic E-state index is -0.455. The second kappa shape index (κ2) is 10.0. The minimum absolute atomic E-state index is 0.455. The Morgan fingerprint density at radius 2 is 0.939 bits per heavy atom. The van der Waals surface area contributed by atoms with Gasteiger partial charge in [0.05, 0.1) is 5.41 Å². The number of para-hydroxylation sites is 1. The first-order chi connectivity index (χ1) is 24.3. The topological polar surface area (TPSA) is 9.23 Å². The summed E-state index contributed by atoms with van der Waals surface area (Å²) in [7, 11) is 0. The predicted molar refractivity (Wildman–Crippen MR) is 205 cm³/mol. The Kier molecular flexibility index (Phi) is 5.53. The smallest absolute Gasteiger partial charge is 0.132 e. The summed E-state index contributed by atoms with van der Waals surface area (Å²) in [5, 5.41) is 5.15. The minimum Gasteiger partial charge on any atom is -0.457 e. The molecule has 2 heterocycles. The van der Waals surface area contributed by atoms with Crippen LogP contribution in [0.1, 0.15) is 22.3 Å². The number of fused-ring (bicyclic) bond motifs is 13. The summed E-state index contributed by atoms with van der Waals surface area (Å²) in [5.74, 6) is 1.82. The summed E-state index contributed by atoms with van der Waals surface area (Å²) in [4.78, 5) is 0. The van der Waals surface area contributed by atoms with Crippen LogP contribution in [0.5, 0.6) is 11.5 Å². The monoisotopic (exact) mass is 640 g/mol. The van der Waals surface area contributed by atoms with Crippen LogP contribution in [-0.4, -0.2) is 0 Å². The Bertz CT molecular complexity index is 2770. The zero-order chi connectivity index (χ0) is 32.1. The van der Waals surface area contributed by atoms with Crippen molar-refractivity contribution in [2.75, 3.05) is 0 Å². The van der Waals surface area contributed by atoms with E-state index in [1.165, 1.54) is 81.0 Å². The highest BCUT2D eigenvalue weighted by Gasteiger charge is 2.50. The van der Waals surface area contributed by atoms with Gasteiger partial charge in [-0.15, -0.1) is 11.3 Å². The first-order valence-electron chi connectivity index (χ1n) is 16.8. The zero-order valence-corrected chi connectivity index (χ0v) is 27.3. The van der Waals surface area contributed by atoms with E-state index in [-0.39, 0.29) is 0 Å². The van der Waals surface area contributed by atoms with Crippen LogP contribution in [0.25, 0.3) is 64.3 Å². The van der Waals surface area contributed by atoms with Crippen LogP contribution in [0.4, 0.5) is 0 Å². The summed E-state index contributed by atoms with van der Waals surface area (Å²) in [6.45, 7) is 0. The van der Waals surface area contributed by atoms with E-state index in [1.54, 1.807) is 0 Å². The lowest BCUT2D eigenvalue weighted by atomic mass is 9.66. The van der Waals surface area contributed by atoms with E-state index >= 15 is 0 Å². The fourth-order valence-corrected chi connectivity index (χ4v) is 9.95. The fraction of sp³-hybridized carbons (Fsp3) is 0.0213. The molecule has 49 heavy (non-hydrogen) atoms. The van der Waals surface area contributed by atoms with Crippen molar-refractivity contribution in [2.24, 2.45) is 0 Å². The lowest BCUT2D eigenvalue weighted by Crippen LogP contribution is -2.32. The van der Waals surface area contributed by atoms with Crippen LogP contribution in [-0.2, 0) is 5.41 Å². The molecule has 2 heteroatoms. The van der Waals surface area contributed by atoms with Crippen molar-refractivity contribution < 1.29 is 4.74 Å². The molecule has 0 saturated carbocycles. The van der Waals surface area contributed by atoms with E-state index < -0.39 is 5.41 Å². The molecular formula is C47H28OS. The van der Waals surface area contributed by atoms with E-state index in [0.717, 1.165) is 17.1 Å². The lowest BCUT2D eigenvalue weighted by Gasteiger charge is -2.39. The van der Waals surface area contributed by atoms with Gasteiger partial charge in [0, 0.05) is 31.3 Å². The van der Waals surface area contributed by atoms with Gasteiger partial charge < -0.3 is 4.74 Å². The van der Waals surface area contributed by atoms with Gasteiger partial charge in [-0.2, -0.15) is 0 Å². The first-order valence-corrected chi connectivity index (χ1v) is 17.7. The van der Waals surface area contributed by atoms with Gasteiger partial charge in [-0.25, -0.2) is 0 Å². The highest BCUT2D eigenvalue weighted by Crippen LogP contribution is 2.62. The Morgan fingerprint density at radius 1 is 0.367 bits per heavy atom. The molecule has 1 nitrogen and oxygen atoms in total. The quantitative estimate of drug-likeness (QED) is 0.183. The fourth-order valence-electron chi connectivity index (χ4n) is 8.81. The molecule has 2 aliphatic rings. The Hall–Kier alpha value is -5.96. The highest BCUT2D eigenvalue weighted by atomic mass is 32.1. The van der Waals surface area contributed by atoms with Crippen molar-refractivity contribution in [3.8, 4) is 44.9 Å². The van der Waals surface area contributed by atoms with Crippen molar-refractivity contribution in [3.63, 3.8) is 0 Å². The van der Waals surface area contributed by atoms with E-state index in [1.807, 2.05) is 11.3 Å². The van der Waals surface area contributed by atoms with Gasteiger partial charge in [-0.05, 0) is 79.5 Å². The first kappa shape index (κ1) is 27.0. The molecule has 1 spiro atoms. The van der Waals surface area contributed by atoms with Crippen molar-refractivity contribution in [1.29, 1.82) is 0 Å². The molecule has 0 N–H and O–H groups in total. The SMILES string of the molecule is c1ccc2c(c1)Oc1cc(-c3ccc(-c4cccc5sc6ccccc6c45)c4ccccc34)ccc1C21c2ccccc2-c2ccccc21. The van der Waals surface area contributed by atoms with Crippen LogP contribution in [0, 0.1) is 0 Å². The van der Waals surface area contributed by atoms with Crippen molar-refractivity contribution in [3.05, 3.63) is 192 Å². The third-order valence-corrected chi connectivity index (χ3v) is 11.9. The third-order valence-electron chi connectivity index (χ3n) is 10.8. The summed E-state index contributed by atoms with van der Waals surface area (Å²) in [5.41, 5.74) is 12.0. The second-order valence-electron chi connectivity index (χ2n) is 13.1. The van der Waals surface area contributed by atoms with Gasteiger partial charge in [0.15, 0.2) is 0 Å². The summed E-state index contributed by atoms with van der Waals surface area (Å²) < 4.78 is 9.49. The average Bonchev–Trinajstić information content (AvgIpc) is 3.69. The van der Waals surface area contributed by atoms with Gasteiger partial charge in [0.1, 0.15) is 11.5 Å². The molecule has 1 aliphatic carbocycles. The van der Waals surface area contributed by atoms with Gasteiger partial charge in [-0.1, -0.05) is 146 Å². The van der Waals surface area contributed by atoms with Crippen LogP contribution in [0.15, 0.2) is 170 Å². The lowest BCUT2D eigenvalue weighted by molar-refractivity contribution is 0.436. The van der Waals surface area contributed by atoms with Crippen LogP contribution >= 0.6 is 11.3 Å². The standard InChI is InChI=1S/C47H28OS/c1-2-13-32-31(12-1)30(25-26-33(32)36-17-11-23-45-46(36)37-16-5-10-22-44(37)49-45)29-24-27-41-43(28-29)48-42-21-9-8-20-40(42)47(41)38-18-6-3-14-34(38)35-15-4-7-19-39(35)47/h1-28H. The maximum Gasteiger partial charge on any atom is 0.132 e. The second-order valence-corrected chi connectivity index (χ2v) is 14.2. The molecule has 11 rings (SSSR count). The third kappa shape index (κ3) is 3.59. The maximum absolute atomic E-state index is 6.84. The van der Waals surface area contributed by atoms with Gasteiger partial charge in [0.25, 0.3) is 0 Å². The molecule has 228 valence electrons. The molecule has 9 aromatic rings. The molecule has 0 bridgehead atoms. The molecule has 1 aliphatic heterocycles. The molecule has 1 aromatic heterocycles. The number of hydrogen-bond acceptors (Lipinski definition) is 2. The number of rotatable bonds is 2. The molecule has 0 radical (unpaired) electrons. The summed E-state index contributed by atoms with van der Waals surface area (Å²) >= 11 is 1.87. The molecule has 8 aromatic carbocycles. The van der Waals surface area contributed by atoms with Gasteiger partial charge in [-0.3, -0.25) is 0 Å². The Labute approximate surface area is 288 Å². The van der Waals surface area contributed by atoms with Crippen LogP contribution in [0.3, 0.4) is 0 Å². The van der Waals surface area contributed by atoms with E-state index in [9.17, 15) is 0 Å².